The van der Waals surface area contributed by atoms with Crippen LogP contribution >= 0.6 is 0 Å². The Labute approximate surface area is 110 Å². The molecule has 0 bridgehead atoms. The Morgan fingerprint density at radius 1 is 1.06 bits per heavy atom. The molecule has 0 aliphatic rings. The van der Waals surface area contributed by atoms with E-state index in [9.17, 15) is 4.79 Å². The number of rotatable bonds is 9. The molecule has 0 aliphatic heterocycles. The summed E-state index contributed by atoms with van der Waals surface area (Å²) in [5.74, 6) is 0. The summed E-state index contributed by atoms with van der Waals surface area (Å²) in [5, 5.41) is 3.04. The van der Waals surface area contributed by atoms with Crippen molar-refractivity contribution in [2.75, 3.05) is 5.32 Å². The zero-order chi connectivity index (χ0) is 13.1. The molecular weight excluding hydrogens is 222 g/mol. The highest BCUT2D eigenvalue weighted by Crippen LogP contribution is 2.13. The minimum atomic E-state index is 0.762. The summed E-state index contributed by atoms with van der Waals surface area (Å²) in [5.41, 5.74) is 2.40. The number of carbonyl (C=O) groups is 1. The predicted octanol–water partition coefficient (Wildman–Crippen LogP) is 4.32. The lowest BCUT2D eigenvalue weighted by Crippen LogP contribution is -1.90. The Kier molecular flexibility index (Phi) is 7.61. The number of nitrogens with one attached hydrogen (secondary N) is 1. The molecule has 18 heavy (non-hydrogen) atoms. The first kappa shape index (κ1) is 14.5. The molecule has 1 rings (SSSR count). The van der Waals surface area contributed by atoms with Crippen molar-refractivity contribution in [3.8, 4) is 0 Å². The molecule has 0 atom stereocenters. The van der Waals surface area contributed by atoms with Crippen LogP contribution in [0.5, 0.6) is 0 Å². The molecule has 2 heteroatoms. The summed E-state index contributed by atoms with van der Waals surface area (Å²) in [6.07, 6.45) is 11.6. The molecule has 1 N–H and O–H groups in total. The minimum absolute atomic E-state index is 0.762. The van der Waals surface area contributed by atoms with Crippen LogP contribution in [0.4, 0.5) is 5.69 Å². The van der Waals surface area contributed by atoms with Gasteiger partial charge in [-0.05, 0) is 36.6 Å². The third-order valence-corrected chi connectivity index (χ3v) is 2.95. The third kappa shape index (κ3) is 6.24. The van der Waals surface area contributed by atoms with Gasteiger partial charge in [0, 0.05) is 11.9 Å². The van der Waals surface area contributed by atoms with E-state index in [1.165, 1.54) is 43.7 Å². The maximum Gasteiger partial charge on any atom is 0.144 e. The van der Waals surface area contributed by atoms with Crippen LogP contribution in [0.15, 0.2) is 36.5 Å². The van der Waals surface area contributed by atoms with Crippen molar-refractivity contribution >= 4 is 12.0 Å². The van der Waals surface area contributed by atoms with Gasteiger partial charge in [0.15, 0.2) is 0 Å². The standard InChI is InChI=1S/C16H23NO/c1-2-3-4-5-6-8-15-9-11-16(12-10-15)17-13-7-14-18/h7,9-14,17H,2-6,8H2,1H3/b13-7+. The summed E-state index contributed by atoms with van der Waals surface area (Å²) in [4.78, 5) is 10.1. The van der Waals surface area contributed by atoms with Crippen LogP contribution in [0.1, 0.15) is 44.6 Å². The molecule has 1 aromatic carbocycles. The van der Waals surface area contributed by atoms with Gasteiger partial charge >= 0.3 is 0 Å². The number of carbonyl (C=O) groups excluding carboxylic acids is 1. The van der Waals surface area contributed by atoms with Gasteiger partial charge in [-0.25, -0.2) is 0 Å². The highest BCUT2D eigenvalue weighted by molar-refractivity contribution is 5.65. The van der Waals surface area contributed by atoms with Gasteiger partial charge in [-0.2, -0.15) is 0 Å². The van der Waals surface area contributed by atoms with E-state index in [1.54, 1.807) is 6.20 Å². The highest BCUT2D eigenvalue weighted by Gasteiger charge is 1.94. The Morgan fingerprint density at radius 2 is 1.78 bits per heavy atom. The second-order valence-electron chi connectivity index (χ2n) is 4.50. The van der Waals surface area contributed by atoms with Gasteiger partial charge < -0.3 is 5.32 Å². The second-order valence-corrected chi connectivity index (χ2v) is 4.50. The van der Waals surface area contributed by atoms with E-state index in [1.807, 2.05) is 0 Å². The Hall–Kier alpha value is -1.57. The summed E-state index contributed by atoms with van der Waals surface area (Å²) in [6.45, 7) is 2.24. The summed E-state index contributed by atoms with van der Waals surface area (Å²) >= 11 is 0. The van der Waals surface area contributed by atoms with Gasteiger partial charge in [-0.15, -0.1) is 0 Å². The first-order valence-corrected chi connectivity index (χ1v) is 6.82. The lowest BCUT2D eigenvalue weighted by atomic mass is 10.1. The Bertz CT molecular complexity index is 354. The number of allylic oxidation sites excluding steroid dienone is 1. The minimum Gasteiger partial charge on any atom is -0.362 e. The fraction of sp³-hybridized carbons (Fsp3) is 0.438. The maximum absolute atomic E-state index is 10.1. The molecule has 0 saturated heterocycles. The lowest BCUT2D eigenvalue weighted by Gasteiger charge is -2.04. The van der Waals surface area contributed by atoms with Gasteiger partial charge in [0.25, 0.3) is 0 Å². The van der Waals surface area contributed by atoms with Crippen molar-refractivity contribution in [1.29, 1.82) is 0 Å². The van der Waals surface area contributed by atoms with E-state index in [0.717, 1.165) is 18.4 Å². The number of aldehydes is 1. The molecule has 98 valence electrons. The second kappa shape index (κ2) is 9.46. The topological polar surface area (TPSA) is 29.1 Å². The molecule has 0 amide bonds. The average Bonchev–Trinajstić information content (AvgIpc) is 2.40. The molecule has 0 radical (unpaired) electrons. The fourth-order valence-electron chi connectivity index (χ4n) is 1.88. The quantitative estimate of drug-likeness (QED) is 0.399. The number of hydrogen-bond acceptors (Lipinski definition) is 2. The summed E-state index contributed by atoms with van der Waals surface area (Å²) < 4.78 is 0. The van der Waals surface area contributed by atoms with Crippen molar-refractivity contribution in [3.05, 3.63) is 42.1 Å². The van der Waals surface area contributed by atoms with E-state index in [-0.39, 0.29) is 0 Å². The molecule has 2 nitrogen and oxygen atoms in total. The van der Waals surface area contributed by atoms with Gasteiger partial charge in [0.1, 0.15) is 6.29 Å². The SMILES string of the molecule is CCCCCCCc1ccc(N/C=C/C=O)cc1. The van der Waals surface area contributed by atoms with Crippen LogP contribution in [-0.2, 0) is 11.2 Å². The molecule has 0 unspecified atom stereocenters. The van der Waals surface area contributed by atoms with Crippen LogP contribution in [0.25, 0.3) is 0 Å². The van der Waals surface area contributed by atoms with E-state index in [2.05, 4.69) is 36.5 Å². The summed E-state index contributed by atoms with van der Waals surface area (Å²) in [6, 6.07) is 8.40. The van der Waals surface area contributed by atoms with Crippen LogP contribution in [0.3, 0.4) is 0 Å². The van der Waals surface area contributed by atoms with E-state index in [4.69, 9.17) is 0 Å². The summed E-state index contributed by atoms with van der Waals surface area (Å²) in [7, 11) is 0. The van der Waals surface area contributed by atoms with Crippen LogP contribution in [-0.4, -0.2) is 6.29 Å². The number of aryl methyl sites for hydroxylation is 1. The predicted molar refractivity (Wildman–Crippen MR) is 77.7 cm³/mol. The van der Waals surface area contributed by atoms with Gasteiger partial charge in [0.05, 0.1) is 0 Å². The zero-order valence-electron chi connectivity index (χ0n) is 11.2. The molecular formula is C16H23NO. The Morgan fingerprint density at radius 3 is 2.44 bits per heavy atom. The van der Waals surface area contributed by atoms with Crippen molar-refractivity contribution < 1.29 is 4.79 Å². The zero-order valence-corrected chi connectivity index (χ0v) is 11.2. The third-order valence-electron chi connectivity index (χ3n) is 2.95. The van der Waals surface area contributed by atoms with Crippen LogP contribution in [0.2, 0.25) is 0 Å². The Balaban J connectivity index is 2.27. The molecule has 0 saturated carbocycles. The van der Waals surface area contributed by atoms with Crippen LogP contribution in [0, 0.1) is 0 Å². The molecule has 0 heterocycles. The van der Waals surface area contributed by atoms with Crippen molar-refractivity contribution in [2.24, 2.45) is 0 Å². The van der Waals surface area contributed by atoms with Gasteiger partial charge in [-0.3, -0.25) is 4.79 Å². The molecule has 1 aromatic rings. The average molecular weight is 245 g/mol. The highest BCUT2D eigenvalue weighted by atomic mass is 16.1. The normalized spacial score (nSPS) is 10.7. The molecule has 0 fully saturated rings. The number of benzene rings is 1. The molecule has 0 spiro atoms. The number of unbranched alkanes of at least 4 members (excludes halogenated alkanes) is 4. The first-order valence-electron chi connectivity index (χ1n) is 6.82. The van der Waals surface area contributed by atoms with E-state index < -0.39 is 0 Å². The molecule has 0 aliphatic carbocycles. The monoisotopic (exact) mass is 245 g/mol. The van der Waals surface area contributed by atoms with Crippen molar-refractivity contribution in [3.63, 3.8) is 0 Å². The largest absolute Gasteiger partial charge is 0.362 e. The maximum atomic E-state index is 10.1. The van der Waals surface area contributed by atoms with Crippen molar-refractivity contribution in [1.82, 2.24) is 0 Å². The number of anilines is 1. The van der Waals surface area contributed by atoms with Crippen LogP contribution < -0.4 is 5.32 Å². The smallest absolute Gasteiger partial charge is 0.144 e. The van der Waals surface area contributed by atoms with E-state index >= 15 is 0 Å². The molecule has 0 aromatic heterocycles. The van der Waals surface area contributed by atoms with E-state index in [0.29, 0.717) is 0 Å². The first-order chi connectivity index (χ1) is 8.86. The van der Waals surface area contributed by atoms with Crippen molar-refractivity contribution in [2.45, 2.75) is 45.4 Å². The van der Waals surface area contributed by atoms with Gasteiger partial charge in [0.2, 0.25) is 0 Å². The lowest BCUT2D eigenvalue weighted by molar-refractivity contribution is -0.104. The number of hydrogen-bond donors (Lipinski definition) is 1. The fourth-order valence-corrected chi connectivity index (χ4v) is 1.88. The van der Waals surface area contributed by atoms with Gasteiger partial charge in [-0.1, -0.05) is 44.7 Å².